The molecule has 1 rings (SSSR count). The van der Waals surface area contributed by atoms with Crippen molar-refractivity contribution < 1.29 is 13.2 Å². The van der Waals surface area contributed by atoms with Crippen LogP contribution >= 0.6 is 0 Å². The van der Waals surface area contributed by atoms with Gasteiger partial charge in [0, 0.05) is 12.2 Å². The van der Waals surface area contributed by atoms with Crippen molar-refractivity contribution in [1.29, 1.82) is 0 Å². The molecule has 1 heterocycles. The maximum Gasteiger partial charge on any atom is 0.152 e. The summed E-state index contributed by atoms with van der Waals surface area (Å²) in [6.07, 6.45) is 3.87. The van der Waals surface area contributed by atoms with E-state index < -0.39 is 15.4 Å². The summed E-state index contributed by atoms with van der Waals surface area (Å²) in [5.41, 5.74) is -0.422. The van der Waals surface area contributed by atoms with Crippen LogP contribution < -0.4 is 5.32 Å². The van der Waals surface area contributed by atoms with Crippen LogP contribution in [0.3, 0.4) is 0 Å². The number of carbonyl (C=O) groups is 1. The number of hydrogen-bond acceptors (Lipinski definition) is 4. The second kappa shape index (κ2) is 5.96. The molecule has 1 unspecified atom stereocenters. The molecule has 0 amide bonds. The number of Topliss-reactive ketones (excluding diaryl/α,β-unsaturated/α-hetero) is 1. The predicted octanol–water partition coefficient (Wildman–Crippen LogP) is 1.30. The number of sulfone groups is 1. The summed E-state index contributed by atoms with van der Waals surface area (Å²) in [7, 11) is -2.94. The van der Waals surface area contributed by atoms with E-state index in [1.54, 1.807) is 6.92 Å². The molecule has 4 nitrogen and oxygen atoms in total. The molecule has 5 heteroatoms. The number of nitrogens with one attached hydrogen (secondary N) is 1. The third-order valence-electron chi connectivity index (χ3n) is 3.53. The van der Waals surface area contributed by atoms with Crippen LogP contribution in [-0.4, -0.2) is 37.8 Å². The summed E-state index contributed by atoms with van der Waals surface area (Å²) in [5, 5.41) is 3.26. The Bertz CT molecular complexity index is 356. The Labute approximate surface area is 104 Å². The molecule has 0 radical (unpaired) electrons. The van der Waals surface area contributed by atoms with E-state index in [9.17, 15) is 13.2 Å². The van der Waals surface area contributed by atoms with E-state index in [0.29, 0.717) is 12.8 Å². The van der Waals surface area contributed by atoms with Gasteiger partial charge in [0.05, 0.1) is 11.3 Å². The lowest BCUT2D eigenvalue weighted by atomic mass is 9.85. The lowest BCUT2D eigenvalue weighted by Gasteiger charge is -2.33. The SMILES string of the molecule is CCS(=O)(=O)CCCC(=O)C1(C)CCCCN1. The highest BCUT2D eigenvalue weighted by Gasteiger charge is 2.33. The molecule has 1 fully saturated rings. The fourth-order valence-corrected chi connectivity index (χ4v) is 3.04. The Morgan fingerprint density at radius 1 is 1.35 bits per heavy atom. The van der Waals surface area contributed by atoms with Crippen molar-refractivity contribution in [2.24, 2.45) is 0 Å². The van der Waals surface area contributed by atoms with Crippen molar-refractivity contribution >= 4 is 15.6 Å². The molecule has 1 aliphatic rings. The van der Waals surface area contributed by atoms with Crippen molar-refractivity contribution in [1.82, 2.24) is 5.32 Å². The molecule has 0 aromatic carbocycles. The minimum absolute atomic E-state index is 0.130. The van der Waals surface area contributed by atoms with Gasteiger partial charge in [0.25, 0.3) is 0 Å². The van der Waals surface area contributed by atoms with E-state index >= 15 is 0 Å². The first-order chi connectivity index (χ1) is 7.90. The van der Waals surface area contributed by atoms with E-state index in [1.807, 2.05) is 6.92 Å². The molecule has 1 aliphatic heterocycles. The Kier molecular flexibility index (Phi) is 5.13. The lowest BCUT2D eigenvalue weighted by Crippen LogP contribution is -2.52. The standard InChI is InChI=1S/C12H23NO3S/c1-3-17(15,16)10-6-7-11(14)12(2)8-4-5-9-13-12/h13H,3-10H2,1-2H3. The van der Waals surface area contributed by atoms with Gasteiger partial charge in [0.1, 0.15) is 9.84 Å². The first-order valence-corrected chi connectivity index (χ1v) is 8.20. The minimum atomic E-state index is -2.94. The monoisotopic (exact) mass is 261 g/mol. The summed E-state index contributed by atoms with van der Waals surface area (Å²) in [4.78, 5) is 12.0. The summed E-state index contributed by atoms with van der Waals surface area (Å²) >= 11 is 0. The first kappa shape index (κ1) is 14.6. The zero-order chi connectivity index (χ0) is 12.9. The number of ketones is 1. The van der Waals surface area contributed by atoms with Gasteiger partial charge >= 0.3 is 0 Å². The summed E-state index contributed by atoms with van der Waals surface area (Å²) in [6.45, 7) is 4.46. The molecule has 1 atom stereocenters. The van der Waals surface area contributed by atoms with E-state index in [-0.39, 0.29) is 17.3 Å². The smallest absolute Gasteiger partial charge is 0.152 e. The largest absolute Gasteiger partial charge is 0.305 e. The molecule has 0 aliphatic carbocycles. The maximum atomic E-state index is 12.0. The van der Waals surface area contributed by atoms with E-state index in [4.69, 9.17) is 0 Å². The first-order valence-electron chi connectivity index (χ1n) is 6.38. The molecular weight excluding hydrogens is 238 g/mol. The maximum absolute atomic E-state index is 12.0. The van der Waals surface area contributed by atoms with Crippen LogP contribution in [0.1, 0.15) is 46.0 Å². The molecular formula is C12H23NO3S. The Morgan fingerprint density at radius 2 is 2.06 bits per heavy atom. The lowest BCUT2D eigenvalue weighted by molar-refractivity contribution is -0.125. The van der Waals surface area contributed by atoms with Gasteiger partial charge in [0.15, 0.2) is 5.78 Å². The van der Waals surface area contributed by atoms with Crippen LogP contribution in [0.25, 0.3) is 0 Å². The van der Waals surface area contributed by atoms with Crippen LogP contribution in [0, 0.1) is 0 Å². The van der Waals surface area contributed by atoms with Crippen molar-refractivity contribution in [2.45, 2.75) is 51.5 Å². The van der Waals surface area contributed by atoms with E-state index in [0.717, 1.165) is 25.8 Å². The van der Waals surface area contributed by atoms with Crippen LogP contribution in [0.2, 0.25) is 0 Å². The zero-order valence-electron chi connectivity index (χ0n) is 10.8. The number of hydrogen-bond donors (Lipinski definition) is 1. The Morgan fingerprint density at radius 3 is 2.59 bits per heavy atom. The van der Waals surface area contributed by atoms with E-state index in [2.05, 4.69) is 5.32 Å². The van der Waals surface area contributed by atoms with Crippen LogP contribution in [0.15, 0.2) is 0 Å². The highest BCUT2D eigenvalue weighted by Crippen LogP contribution is 2.21. The molecule has 0 spiro atoms. The van der Waals surface area contributed by atoms with Gasteiger partial charge in [-0.1, -0.05) is 6.92 Å². The summed E-state index contributed by atoms with van der Waals surface area (Å²) in [6, 6.07) is 0. The van der Waals surface area contributed by atoms with Gasteiger partial charge in [-0.2, -0.15) is 0 Å². The highest BCUT2D eigenvalue weighted by atomic mass is 32.2. The average Bonchev–Trinajstić information content (AvgIpc) is 2.29. The van der Waals surface area contributed by atoms with Crippen LogP contribution in [0.4, 0.5) is 0 Å². The Balaban J connectivity index is 2.39. The van der Waals surface area contributed by atoms with Crippen molar-refractivity contribution in [2.75, 3.05) is 18.1 Å². The highest BCUT2D eigenvalue weighted by molar-refractivity contribution is 7.91. The van der Waals surface area contributed by atoms with Gasteiger partial charge < -0.3 is 5.32 Å². The second-order valence-electron chi connectivity index (χ2n) is 4.98. The van der Waals surface area contributed by atoms with E-state index in [1.165, 1.54) is 0 Å². The van der Waals surface area contributed by atoms with Gasteiger partial charge in [-0.05, 0) is 39.2 Å². The van der Waals surface area contributed by atoms with Crippen molar-refractivity contribution in [3.05, 3.63) is 0 Å². The Hall–Kier alpha value is -0.420. The van der Waals surface area contributed by atoms with Crippen LogP contribution in [-0.2, 0) is 14.6 Å². The molecule has 0 saturated carbocycles. The number of carbonyl (C=O) groups excluding carboxylic acids is 1. The van der Waals surface area contributed by atoms with Crippen molar-refractivity contribution in [3.8, 4) is 0 Å². The quantitative estimate of drug-likeness (QED) is 0.783. The number of piperidine rings is 1. The molecule has 17 heavy (non-hydrogen) atoms. The predicted molar refractivity (Wildman–Crippen MR) is 68.8 cm³/mol. The molecule has 1 saturated heterocycles. The number of rotatable bonds is 6. The van der Waals surface area contributed by atoms with Crippen LogP contribution in [0.5, 0.6) is 0 Å². The van der Waals surface area contributed by atoms with Gasteiger partial charge in [-0.25, -0.2) is 8.42 Å². The van der Waals surface area contributed by atoms with Crippen molar-refractivity contribution in [3.63, 3.8) is 0 Å². The molecule has 0 bridgehead atoms. The van der Waals surface area contributed by atoms with Gasteiger partial charge in [-0.15, -0.1) is 0 Å². The molecule has 1 N–H and O–H groups in total. The normalized spacial score (nSPS) is 25.8. The molecule has 0 aromatic rings. The average molecular weight is 261 g/mol. The molecule has 100 valence electrons. The third kappa shape index (κ3) is 4.39. The zero-order valence-corrected chi connectivity index (χ0v) is 11.6. The summed E-state index contributed by atoms with van der Waals surface area (Å²) in [5.74, 6) is 0.450. The third-order valence-corrected chi connectivity index (χ3v) is 5.32. The second-order valence-corrected chi connectivity index (χ2v) is 7.45. The van der Waals surface area contributed by atoms with Gasteiger partial charge in [0.2, 0.25) is 0 Å². The van der Waals surface area contributed by atoms with Gasteiger partial charge in [-0.3, -0.25) is 4.79 Å². The fraction of sp³-hybridized carbons (Fsp3) is 0.917. The minimum Gasteiger partial charge on any atom is -0.305 e. The summed E-state index contributed by atoms with van der Waals surface area (Å²) < 4.78 is 22.6. The topological polar surface area (TPSA) is 63.2 Å². The molecule has 0 aromatic heterocycles. The fourth-order valence-electron chi connectivity index (χ4n) is 2.17.